The predicted octanol–water partition coefficient (Wildman–Crippen LogP) is 2.46. The van der Waals surface area contributed by atoms with Gasteiger partial charge in [-0.05, 0) is 24.5 Å². The molecule has 5 heterocycles. The molecule has 5 rings (SSSR count). The Kier molecular flexibility index (Phi) is 4.51. The number of morpholine rings is 1. The molecule has 2 N–H and O–H groups in total. The average Bonchev–Trinajstić information content (AvgIpc) is 3.43. The van der Waals surface area contributed by atoms with E-state index in [1.807, 2.05) is 25.4 Å². The fourth-order valence-corrected chi connectivity index (χ4v) is 3.99. The minimum absolute atomic E-state index is 0.726. The van der Waals surface area contributed by atoms with Gasteiger partial charge in [-0.15, -0.1) is 0 Å². The summed E-state index contributed by atoms with van der Waals surface area (Å²) in [6.07, 6.45) is 7.57. The monoisotopic (exact) mass is 396 g/mol. The molecule has 1 fully saturated rings. The highest BCUT2D eigenvalue weighted by Crippen LogP contribution is 2.27. The van der Waals surface area contributed by atoms with Crippen LogP contribution in [0.4, 0.5) is 10.8 Å². The van der Waals surface area contributed by atoms with Crippen molar-refractivity contribution in [2.75, 3.05) is 31.6 Å². The van der Waals surface area contributed by atoms with Gasteiger partial charge >= 0.3 is 0 Å². The first-order valence-electron chi connectivity index (χ1n) is 9.13. The van der Waals surface area contributed by atoms with E-state index in [0.717, 1.165) is 72.0 Å². The van der Waals surface area contributed by atoms with Crippen LogP contribution in [0, 0.1) is 6.92 Å². The van der Waals surface area contributed by atoms with Crippen molar-refractivity contribution in [2.45, 2.75) is 13.5 Å². The highest BCUT2D eigenvalue weighted by molar-refractivity contribution is 7.10. The van der Waals surface area contributed by atoms with E-state index in [1.54, 1.807) is 6.20 Å². The summed E-state index contributed by atoms with van der Waals surface area (Å²) < 4.78 is 11.9. The minimum atomic E-state index is 0.726. The summed E-state index contributed by atoms with van der Waals surface area (Å²) in [4.78, 5) is 11.8. The summed E-state index contributed by atoms with van der Waals surface area (Å²) in [5.41, 5.74) is 4.68. The first kappa shape index (κ1) is 17.3. The minimum Gasteiger partial charge on any atom is -0.379 e. The largest absolute Gasteiger partial charge is 0.379 e. The molecule has 144 valence electrons. The van der Waals surface area contributed by atoms with Gasteiger partial charge in [0.05, 0.1) is 42.7 Å². The number of rotatable bonds is 5. The van der Waals surface area contributed by atoms with Gasteiger partial charge in [0.1, 0.15) is 5.00 Å². The lowest BCUT2D eigenvalue weighted by atomic mass is 10.3. The number of nitrogens with zero attached hydrogens (tertiary/aromatic N) is 6. The van der Waals surface area contributed by atoms with E-state index in [4.69, 9.17) is 9.72 Å². The number of aryl methyl sites for hydroxylation is 1. The predicted molar refractivity (Wildman–Crippen MR) is 107 cm³/mol. The Hall–Kier alpha value is -2.82. The number of imidazole rings is 1. The topological polar surface area (TPSA) is 96.3 Å². The molecule has 4 aromatic heterocycles. The van der Waals surface area contributed by atoms with Gasteiger partial charge in [-0.1, -0.05) is 0 Å². The van der Waals surface area contributed by atoms with Gasteiger partial charge in [-0.25, -0.2) is 9.97 Å². The molecular formula is C18H20N8OS. The highest BCUT2D eigenvalue weighted by atomic mass is 32.1. The molecule has 0 amide bonds. The van der Waals surface area contributed by atoms with Gasteiger partial charge in [0, 0.05) is 37.6 Å². The smallest absolute Gasteiger partial charge is 0.180 e. The lowest BCUT2D eigenvalue weighted by Gasteiger charge is -2.26. The van der Waals surface area contributed by atoms with Crippen LogP contribution in [0.1, 0.15) is 11.4 Å². The molecule has 0 radical (unpaired) electrons. The van der Waals surface area contributed by atoms with Crippen LogP contribution in [0.2, 0.25) is 0 Å². The summed E-state index contributed by atoms with van der Waals surface area (Å²) >= 11 is 1.42. The second-order valence-electron chi connectivity index (χ2n) is 6.75. The van der Waals surface area contributed by atoms with Crippen molar-refractivity contribution in [1.82, 2.24) is 33.8 Å². The van der Waals surface area contributed by atoms with E-state index in [9.17, 15) is 0 Å². The molecule has 28 heavy (non-hydrogen) atoms. The number of hydrogen-bond donors (Lipinski definition) is 2. The molecule has 0 saturated carbocycles. The molecule has 9 nitrogen and oxygen atoms in total. The van der Waals surface area contributed by atoms with Crippen LogP contribution in [-0.2, 0) is 11.3 Å². The Morgan fingerprint density at radius 3 is 2.93 bits per heavy atom. The molecule has 10 heteroatoms. The summed E-state index contributed by atoms with van der Waals surface area (Å²) in [5.74, 6) is 0.726. The van der Waals surface area contributed by atoms with Crippen LogP contribution in [0.25, 0.3) is 16.9 Å². The molecule has 0 atom stereocenters. The van der Waals surface area contributed by atoms with Crippen LogP contribution in [0.15, 0.2) is 30.9 Å². The zero-order chi connectivity index (χ0) is 18.9. The summed E-state index contributed by atoms with van der Waals surface area (Å²) in [6.45, 7) is 6.09. The second-order valence-corrected chi connectivity index (χ2v) is 7.56. The zero-order valence-electron chi connectivity index (χ0n) is 15.4. The Morgan fingerprint density at radius 1 is 1.29 bits per heavy atom. The Bertz CT molecular complexity index is 1080. The number of H-pyrrole nitrogens is 1. The summed E-state index contributed by atoms with van der Waals surface area (Å²) in [7, 11) is 0. The standard InChI is InChI=1S/C18H20N8OS/c1-12-6-16(28-24-12)23-17-18-19-9-15(13-7-20-21-8-13)26(18)11-14(22-17)10-25-2-4-27-5-3-25/h6-9,11H,2-5,10H2,1H3,(H,20,21)(H,22,23). The van der Waals surface area contributed by atoms with Gasteiger partial charge in [0.25, 0.3) is 0 Å². The number of fused-ring (bicyclic) bond motifs is 1. The number of hydrogen-bond acceptors (Lipinski definition) is 8. The van der Waals surface area contributed by atoms with Gasteiger partial charge in [-0.2, -0.15) is 9.47 Å². The van der Waals surface area contributed by atoms with Crippen LogP contribution in [0.5, 0.6) is 0 Å². The lowest BCUT2D eigenvalue weighted by molar-refractivity contribution is 0.0336. The van der Waals surface area contributed by atoms with Gasteiger partial charge in [0.2, 0.25) is 0 Å². The molecular weight excluding hydrogens is 376 g/mol. The van der Waals surface area contributed by atoms with Crippen LogP contribution < -0.4 is 5.32 Å². The molecule has 0 bridgehead atoms. The van der Waals surface area contributed by atoms with Crippen molar-refractivity contribution < 1.29 is 4.74 Å². The fraction of sp³-hybridized carbons (Fsp3) is 0.333. The fourth-order valence-electron chi connectivity index (χ4n) is 3.33. The highest BCUT2D eigenvalue weighted by Gasteiger charge is 2.17. The lowest BCUT2D eigenvalue weighted by Crippen LogP contribution is -2.36. The van der Waals surface area contributed by atoms with Gasteiger partial charge in [-0.3, -0.25) is 14.4 Å². The van der Waals surface area contributed by atoms with E-state index in [-0.39, 0.29) is 0 Å². The van der Waals surface area contributed by atoms with Crippen molar-refractivity contribution in [3.05, 3.63) is 42.2 Å². The average molecular weight is 396 g/mol. The Morgan fingerprint density at radius 2 is 2.18 bits per heavy atom. The number of anilines is 2. The maximum atomic E-state index is 5.46. The molecule has 0 spiro atoms. The van der Waals surface area contributed by atoms with Gasteiger partial charge in [0.15, 0.2) is 11.5 Å². The summed E-state index contributed by atoms with van der Waals surface area (Å²) in [6, 6.07) is 2.01. The Balaban J connectivity index is 1.57. The number of aromatic amines is 1. The van der Waals surface area contributed by atoms with E-state index >= 15 is 0 Å². The molecule has 1 saturated heterocycles. The molecule has 1 aliphatic rings. The maximum absolute atomic E-state index is 5.46. The molecule has 1 aliphatic heterocycles. The van der Waals surface area contributed by atoms with E-state index in [0.29, 0.717) is 0 Å². The van der Waals surface area contributed by atoms with Crippen molar-refractivity contribution in [1.29, 1.82) is 0 Å². The van der Waals surface area contributed by atoms with Crippen molar-refractivity contribution in [2.24, 2.45) is 0 Å². The third-order valence-electron chi connectivity index (χ3n) is 4.70. The van der Waals surface area contributed by atoms with Crippen molar-refractivity contribution >= 4 is 28.0 Å². The van der Waals surface area contributed by atoms with E-state index in [1.165, 1.54) is 11.5 Å². The molecule has 0 aliphatic carbocycles. The van der Waals surface area contributed by atoms with Crippen LogP contribution >= 0.6 is 11.5 Å². The molecule has 0 unspecified atom stereocenters. The third kappa shape index (κ3) is 3.37. The van der Waals surface area contributed by atoms with Crippen molar-refractivity contribution in [3.8, 4) is 11.3 Å². The molecule has 0 aromatic carbocycles. The second kappa shape index (κ2) is 7.30. The molecule has 4 aromatic rings. The Labute approximate surface area is 165 Å². The van der Waals surface area contributed by atoms with E-state index < -0.39 is 0 Å². The van der Waals surface area contributed by atoms with Crippen LogP contribution in [0.3, 0.4) is 0 Å². The SMILES string of the molecule is Cc1cc(Nc2nc(CN3CCOCC3)cn3c(-c4cn[nH]c4)cnc23)sn1. The number of aromatic nitrogens is 6. The number of ether oxygens (including phenoxy) is 1. The number of nitrogens with one attached hydrogen (secondary N) is 2. The first-order valence-corrected chi connectivity index (χ1v) is 9.90. The summed E-state index contributed by atoms with van der Waals surface area (Å²) in [5, 5.41) is 11.3. The first-order chi connectivity index (χ1) is 13.8. The normalized spacial score (nSPS) is 15.3. The maximum Gasteiger partial charge on any atom is 0.180 e. The van der Waals surface area contributed by atoms with Gasteiger partial charge < -0.3 is 10.1 Å². The van der Waals surface area contributed by atoms with Crippen LogP contribution in [-0.4, -0.2) is 60.1 Å². The van der Waals surface area contributed by atoms with Crippen molar-refractivity contribution in [3.63, 3.8) is 0 Å². The van der Waals surface area contributed by atoms with E-state index in [2.05, 4.69) is 40.4 Å². The zero-order valence-corrected chi connectivity index (χ0v) is 16.2. The third-order valence-corrected chi connectivity index (χ3v) is 5.49. The quantitative estimate of drug-likeness (QED) is 0.535.